The molecule has 0 saturated carbocycles. The molecule has 8 N–H and O–H groups in total. The molecule has 0 aliphatic carbocycles. The summed E-state index contributed by atoms with van der Waals surface area (Å²) in [5, 5.41) is 0. The van der Waals surface area contributed by atoms with Crippen LogP contribution < -0.4 is 0 Å². The van der Waals surface area contributed by atoms with Crippen molar-refractivity contribution >= 4 is 5.97 Å². The van der Waals surface area contributed by atoms with Gasteiger partial charge in [0.15, 0.2) is 0 Å². The minimum atomic E-state index is -0.245. The van der Waals surface area contributed by atoms with Crippen molar-refractivity contribution in [3.05, 3.63) is 0 Å². The average molecular weight is 205 g/mol. The summed E-state index contributed by atoms with van der Waals surface area (Å²) in [6.45, 7) is 1.36. The summed E-state index contributed by atoms with van der Waals surface area (Å²) in [6, 6.07) is 0. The summed E-state index contributed by atoms with van der Waals surface area (Å²) in [5.41, 5.74) is 0. The number of esters is 1. The largest absolute Gasteiger partial charge is 0.469 e. The van der Waals surface area contributed by atoms with Crippen molar-refractivity contribution in [1.29, 1.82) is 0 Å². The number of carbonyl (C=O) groups is 1. The molecule has 0 fully saturated rings. The van der Waals surface area contributed by atoms with Crippen LogP contribution in [-0.2, 0) is 26.0 Å². The fourth-order valence-electron chi connectivity index (χ4n) is 0. The van der Waals surface area contributed by atoms with Gasteiger partial charge in [0.2, 0.25) is 0 Å². The summed E-state index contributed by atoms with van der Waals surface area (Å²) >= 11 is 0. The van der Waals surface area contributed by atoms with Gasteiger partial charge < -0.3 is 26.6 Å². The zero-order chi connectivity index (χ0) is 4.28. The van der Waals surface area contributed by atoms with Crippen molar-refractivity contribution in [1.82, 2.24) is 0 Å². The Hall–Kier alpha value is -0.196. The third kappa shape index (κ3) is 111. The Balaban J connectivity index is -0.00000000800. The van der Waals surface area contributed by atoms with Crippen molar-refractivity contribution in [2.24, 2.45) is 0 Å². The molecule has 0 unspecified atom stereocenters. The Labute approximate surface area is 68.7 Å². The number of hydrogen-bond donors (Lipinski definition) is 0. The molecule has 0 saturated heterocycles. The maximum absolute atomic E-state index is 9.59. The molecule has 0 aromatic rings. The molecule has 10 heavy (non-hydrogen) atoms. The zero-order valence-corrected chi connectivity index (χ0v) is 6.62. The van der Waals surface area contributed by atoms with Gasteiger partial charge in [-0.05, 0) is 0 Å². The molecule has 0 aromatic heterocycles. The van der Waals surface area contributed by atoms with Crippen LogP contribution in [0.1, 0.15) is 6.92 Å². The molecule has 0 spiro atoms. The van der Waals surface area contributed by atoms with Crippen molar-refractivity contribution in [2.45, 2.75) is 6.92 Å². The molecule has 7 heteroatoms. The molecule has 6 nitrogen and oxygen atoms in total. The van der Waals surface area contributed by atoms with Gasteiger partial charge in [0.05, 0.1) is 7.11 Å². The van der Waals surface area contributed by atoms with E-state index < -0.39 is 0 Å². The fourth-order valence-corrected chi connectivity index (χ4v) is 0. The zero-order valence-electron chi connectivity index (χ0n) is 5.63. The predicted molar refractivity (Wildman–Crippen MR) is 32.1 cm³/mol. The van der Waals surface area contributed by atoms with Gasteiger partial charge in [-0.25, -0.2) is 0 Å². The summed E-state index contributed by atoms with van der Waals surface area (Å²) in [7, 11) is 1.35. The normalized spacial score (nSPS) is 3.40. The van der Waals surface area contributed by atoms with E-state index in [-0.39, 0.29) is 44.4 Å². The predicted octanol–water partition coefficient (Wildman–Crippen LogP) is -3.12. The first-order chi connectivity index (χ1) is 2.27. The summed E-state index contributed by atoms with van der Waals surface area (Å²) < 4.78 is 4.11. The second-order valence-corrected chi connectivity index (χ2v) is 0.696. The molecule has 0 radical (unpaired) electrons. The first-order valence-corrected chi connectivity index (χ1v) is 1.32. The van der Waals surface area contributed by atoms with E-state index in [9.17, 15) is 4.79 Å². The van der Waals surface area contributed by atoms with E-state index in [1.165, 1.54) is 14.0 Å². The van der Waals surface area contributed by atoms with E-state index >= 15 is 0 Å². The molecule has 0 heterocycles. The van der Waals surface area contributed by atoms with Gasteiger partial charge in [-0.3, -0.25) is 4.79 Å². The quantitative estimate of drug-likeness (QED) is 0.303. The topological polar surface area (TPSA) is 152 Å². The second-order valence-electron chi connectivity index (χ2n) is 0.696. The van der Waals surface area contributed by atoms with Crippen LogP contribution in [0.5, 0.6) is 0 Å². The van der Waals surface area contributed by atoms with E-state index in [0.29, 0.717) is 0 Å². The molecule has 0 atom stereocenters. The molecular weight excluding hydrogens is 191 g/mol. The van der Waals surface area contributed by atoms with Crippen molar-refractivity contribution in [3.8, 4) is 0 Å². The second kappa shape index (κ2) is 37.1. The van der Waals surface area contributed by atoms with Crippen LogP contribution in [0.4, 0.5) is 0 Å². The van der Waals surface area contributed by atoms with Crippen molar-refractivity contribution in [3.63, 3.8) is 0 Å². The Morgan fingerprint density at radius 1 is 1.10 bits per heavy atom. The van der Waals surface area contributed by atoms with Gasteiger partial charge in [-0.2, -0.15) is 0 Å². The third-order valence-electron chi connectivity index (χ3n) is 0.287. The molecule has 0 rings (SSSR count). The molecular formula is C3H14NiO6. The minimum Gasteiger partial charge on any atom is -0.469 e. The standard InChI is InChI=1S/C3H6O2.Ni.4H2O/c1-3(4)5-2;;;;;/h1-2H3;;4*1H2. The Kier molecular flexibility index (Phi) is 195. The minimum absolute atomic E-state index is 0. The van der Waals surface area contributed by atoms with E-state index in [4.69, 9.17) is 0 Å². The van der Waals surface area contributed by atoms with Crippen LogP contribution in [0.15, 0.2) is 0 Å². The molecule has 0 bridgehead atoms. The number of ether oxygens (including phenoxy) is 1. The Morgan fingerprint density at radius 3 is 1.20 bits per heavy atom. The SMILES string of the molecule is COC(C)=O.O.O.O.O.[Ni]. The molecule has 0 aromatic carbocycles. The van der Waals surface area contributed by atoms with Crippen LogP contribution in [0.25, 0.3) is 0 Å². The van der Waals surface area contributed by atoms with Crippen LogP contribution >= 0.6 is 0 Å². The van der Waals surface area contributed by atoms with Gasteiger partial charge in [0.1, 0.15) is 0 Å². The Morgan fingerprint density at radius 2 is 1.20 bits per heavy atom. The van der Waals surface area contributed by atoms with E-state index in [2.05, 4.69) is 4.74 Å². The van der Waals surface area contributed by atoms with Crippen LogP contribution in [0.3, 0.4) is 0 Å². The smallest absolute Gasteiger partial charge is 0.302 e. The Bertz CT molecular complexity index is 48.3. The van der Waals surface area contributed by atoms with Gasteiger partial charge in [0.25, 0.3) is 0 Å². The van der Waals surface area contributed by atoms with E-state index in [0.717, 1.165) is 0 Å². The average Bonchev–Trinajstić information content (AvgIpc) is 1.38. The fraction of sp³-hybridized carbons (Fsp3) is 0.667. The maximum Gasteiger partial charge on any atom is 0.302 e. The maximum atomic E-state index is 9.59. The first-order valence-electron chi connectivity index (χ1n) is 1.32. The van der Waals surface area contributed by atoms with Crippen LogP contribution in [-0.4, -0.2) is 35.0 Å². The third-order valence-corrected chi connectivity index (χ3v) is 0.287. The van der Waals surface area contributed by atoms with Crippen LogP contribution in [0.2, 0.25) is 0 Å². The van der Waals surface area contributed by atoms with Crippen LogP contribution in [0, 0.1) is 0 Å². The molecule has 0 aliphatic heterocycles. The van der Waals surface area contributed by atoms with Crippen molar-refractivity contribution < 1.29 is 47.9 Å². The summed E-state index contributed by atoms with van der Waals surface area (Å²) in [5.74, 6) is -0.245. The number of carbonyl (C=O) groups excluding carboxylic acids is 1. The molecule has 72 valence electrons. The summed E-state index contributed by atoms with van der Waals surface area (Å²) in [6.07, 6.45) is 0. The van der Waals surface area contributed by atoms with Gasteiger partial charge in [-0.15, -0.1) is 0 Å². The van der Waals surface area contributed by atoms with Gasteiger partial charge >= 0.3 is 5.97 Å². The molecule has 0 amide bonds. The monoisotopic (exact) mass is 204 g/mol. The summed E-state index contributed by atoms with van der Waals surface area (Å²) in [4.78, 5) is 9.59. The van der Waals surface area contributed by atoms with Gasteiger partial charge in [0, 0.05) is 23.4 Å². The molecule has 0 aliphatic rings. The number of hydrogen-bond acceptors (Lipinski definition) is 2. The van der Waals surface area contributed by atoms with E-state index in [1.54, 1.807) is 0 Å². The number of rotatable bonds is 0. The van der Waals surface area contributed by atoms with E-state index in [1.807, 2.05) is 0 Å². The van der Waals surface area contributed by atoms with Gasteiger partial charge in [-0.1, -0.05) is 0 Å². The first kappa shape index (κ1) is 52.5. The van der Waals surface area contributed by atoms with Crippen molar-refractivity contribution in [2.75, 3.05) is 7.11 Å². The number of methoxy groups -OCH3 is 1.